The first-order valence-corrected chi connectivity index (χ1v) is 20.8. The fourth-order valence-corrected chi connectivity index (χ4v) is 11.6. The van der Waals surface area contributed by atoms with Gasteiger partial charge in [0.2, 0.25) is 0 Å². The fraction of sp³-hybridized carbons (Fsp3) is 0.0192. The summed E-state index contributed by atoms with van der Waals surface area (Å²) in [7, 11) is 0. The van der Waals surface area contributed by atoms with Gasteiger partial charge in [0.25, 0.3) is 0 Å². The van der Waals surface area contributed by atoms with Gasteiger partial charge in [-0.05, 0) is 62.7 Å². The molecular formula is C52H31N3S2. The first-order valence-electron chi connectivity index (χ1n) is 19.2. The second-order valence-electron chi connectivity index (χ2n) is 14.6. The molecule has 2 aliphatic rings. The van der Waals surface area contributed by atoms with Gasteiger partial charge >= 0.3 is 0 Å². The van der Waals surface area contributed by atoms with E-state index in [0.717, 1.165) is 16.7 Å². The van der Waals surface area contributed by atoms with E-state index in [1.165, 1.54) is 74.5 Å². The van der Waals surface area contributed by atoms with Gasteiger partial charge in [-0.2, -0.15) is 0 Å². The predicted octanol–water partition coefficient (Wildman–Crippen LogP) is 13.7. The van der Waals surface area contributed by atoms with E-state index in [-0.39, 0.29) is 0 Å². The van der Waals surface area contributed by atoms with E-state index in [0.29, 0.717) is 17.5 Å². The summed E-state index contributed by atoms with van der Waals surface area (Å²) in [4.78, 5) is 18.3. The molecule has 266 valence electrons. The number of nitrogens with zero attached hydrogens (tertiary/aromatic N) is 3. The molecule has 1 spiro atoms. The molecule has 0 radical (unpaired) electrons. The van der Waals surface area contributed by atoms with Crippen molar-refractivity contribution in [3.05, 3.63) is 210 Å². The second kappa shape index (κ2) is 12.7. The molecule has 0 saturated heterocycles. The van der Waals surface area contributed by atoms with Crippen LogP contribution in [0.2, 0.25) is 0 Å². The number of aromatic nitrogens is 3. The van der Waals surface area contributed by atoms with Crippen molar-refractivity contribution >= 4 is 43.3 Å². The summed E-state index contributed by atoms with van der Waals surface area (Å²) in [6, 6.07) is 67.7. The highest BCUT2D eigenvalue weighted by molar-refractivity contribution is 7.99. The van der Waals surface area contributed by atoms with Gasteiger partial charge in [0, 0.05) is 46.7 Å². The molecule has 57 heavy (non-hydrogen) atoms. The first-order chi connectivity index (χ1) is 28.3. The van der Waals surface area contributed by atoms with E-state index in [2.05, 4.69) is 170 Å². The highest BCUT2D eigenvalue weighted by Crippen LogP contribution is 2.63. The number of benzene rings is 8. The Hall–Kier alpha value is -6.66. The molecule has 12 rings (SSSR count). The van der Waals surface area contributed by atoms with Crippen LogP contribution in [0.1, 0.15) is 22.3 Å². The van der Waals surface area contributed by atoms with Crippen molar-refractivity contribution in [2.75, 3.05) is 0 Å². The maximum absolute atomic E-state index is 5.33. The quantitative estimate of drug-likeness (QED) is 0.179. The third-order valence-corrected chi connectivity index (χ3v) is 14.0. The van der Waals surface area contributed by atoms with Crippen molar-refractivity contribution in [2.45, 2.75) is 15.2 Å². The molecule has 2 aromatic heterocycles. The van der Waals surface area contributed by atoms with Crippen LogP contribution in [0.15, 0.2) is 198 Å². The van der Waals surface area contributed by atoms with E-state index in [1.807, 2.05) is 41.3 Å². The molecule has 0 amide bonds. The largest absolute Gasteiger partial charge is 0.208 e. The summed E-state index contributed by atoms with van der Waals surface area (Å²) in [5.41, 5.74) is 12.4. The van der Waals surface area contributed by atoms with Crippen LogP contribution in [-0.4, -0.2) is 15.0 Å². The lowest BCUT2D eigenvalue weighted by atomic mass is 9.67. The average molecular weight is 762 g/mol. The molecule has 1 aliphatic carbocycles. The zero-order valence-electron chi connectivity index (χ0n) is 30.6. The zero-order chi connectivity index (χ0) is 37.5. The summed E-state index contributed by atoms with van der Waals surface area (Å²) in [6.07, 6.45) is 0. The standard InChI is InChI=1S/C52H31N3S2/c1-2-14-33(15-3-1)49-53-50(34-30-28-32(29-31-34)35-18-12-19-37-36-16-5-9-25-44(36)57-48(35)37)55-51(54-49)39-20-13-24-43-47(39)38-17-4-6-21-40(38)52(43)41-22-7-10-26-45(41)56-46-27-11-8-23-42(46)52/h1-31H. The minimum Gasteiger partial charge on any atom is -0.208 e. The molecule has 10 aromatic rings. The minimum atomic E-state index is -0.481. The van der Waals surface area contributed by atoms with Crippen molar-refractivity contribution in [1.82, 2.24) is 15.0 Å². The van der Waals surface area contributed by atoms with Crippen LogP contribution in [-0.2, 0) is 5.41 Å². The predicted molar refractivity (Wildman–Crippen MR) is 236 cm³/mol. The van der Waals surface area contributed by atoms with Gasteiger partial charge in [-0.25, -0.2) is 15.0 Å². The summed E-state index contributed by atoms with van der Waals surface area (Å²) in [5, 5.41) is 2.60. The molecule has 0 fully saturated rings. The normalized spacial score (nSPS) is 13.3. The van der Waals surface area contributed by atoms with Gasteiger partial charge in [-0.1, -0.05) is 182 Å². The second-order valence-corrected chi connectivity index (χ2v) is 16.8. The van der Waals surface area contributed by atoms with Gasteiger partial charge in [-0.3, -0.25) is 0 Å². The molecule has 3 nitrogen and oxygen atoms in total. The molecule has 0 saturated carbocycles. The first kappa shape index (κ1) is 32.6. The van der Waals surface area contributed by atoms with Crippen LogP contribution in [0.5, 0.6) is 0 Å². The average Bonchev–Trinajstić information content (AvgIpc) is 3.81. The van der Waals surface area contributed by atoms with Gasteiger partial charge in [0.15, 0.2) is 17.5 Å². The molecular weight excluding hydrogens is 731 g/mol. The summed E-state index contributed by atoms with van der Waals surface area (Å²) < 4.78 is 2.61. The Bertz CT molecular complexity index is 3180. The number of rotatable bonds is 4. The maximum Gasteiger partial charge on any atom is 0.164 e. The van der Waals surface area contributed by atoms with Crippen LogP contribution in [0.3, 0.4) is 0 Å². The van der Waals surface area contributed by atoms with E-state index in [4.69, 9.17) is 15.0 Å². The summed E-state index contributed by atoms with van der Waals surface area (Å²) >= 11 is 3.71. The Morgan fingerprint density at radius 2 is 0.877 bits per heavy atom. The monoisotopic (exact) mass is 761 g/mol. The van der Waals surface area contributed by atoms with Crippen LogP contribution >= 0.6 is 23.1 Å². The Morgan fingerprint density at radius 1 is 0.351 bits per heavy atom. The van der Waals surface area contributed by atoms with Gasteiger partial charge in [-0.15, -0.1) is 11.3 Å². The molecule has 0 N–H and O–H groups in total. The van der Waals surface area contributed by atoms with Crippen molar-refractivity contribution in [3.8, 4) is 56.4 Å². The Kier molecular flexibility index (Phi) is 7.25. The van der Waals surface area contributed by atoms with Crippen LogP contribution in [0.4, 0.5) is 0 Å². The minimum absolute atomic E-state index is 0.481. The van der Waals surface area contributed by atoms with Gasteiger partial charge < -0.3 is 0 Å². The fourth-order valence-electron chi connectivity index (χ4n) is 9.20. The molecule has 5 heteroatoms. The Balaban J connectivity index is 1.06. The smallest absolute Gasteiger partial charge is 0.164 e. The molecule has 0 bridgehead atoms. The number of hydrogen-bond donors (Lipinski definition) is 0. The molecule has 0 atom stereocenters. The number of thiophene rings is 1. The van der Waals surface area contributed by atoms with Crippen molar-refractivity contribution < 1.29 is 0 Å². The summed E-state index contributed by atoms with van der Waals surface area (Å²) in [6.45, 7) is 0. The van der Waals surface area contributed by atoms with Crippen molar-refractivity contribution in [2.24, 2.45) is 0 Å². The third-order valence-electron chi connectivity index (χ3n) is 11.6. The Morgan fingerprint density at radius 3 is 1.65 bits per heavy atom. The molecule has 3 heterocycles. The van der Waals surface area contributed by atoms with Gasteiger partial charge in [0.1, 0.15) is 0 Å². The highest BCUT2D eigenvalue weighted by Gasteiger charge is 2.50. The van der Waals surface area contributed by atoms with E-state index in [9.17, 15) is 0 Å². The lowest BCUT2D eigenvalue weighted by Crippen LogP contribution is -2.31. The lowest BCUT2D eigenvalue weighted by molar-refractivity contribution is 0.722. The van der Waals surface area contributed by atoms with Crippen LogP contribution in [0, 0.1) is 0 Å². The van der Waals surface area contributed by atoms with Crippen molar-refractivity contribution in [3.63, 3.8) is 0 Å². The topological polar surface area (TPSA) is 38.7 Å². The number of fused-ring (bicyclic) bond motifs is 12. The zero-order valence-corrected chi connectivity index (χ0v) is 32.2. The van der Waals surface area contributed by atoms with E-state index < -0.39 is 5.41 Å². The van der Waals surface area contributed by atoms with Crippen LogP contribution in [0.25, 0.3) is 76.6 Å². The molecule has 1 aliphatic heterocycles. The third kappa shape index (κ3) is 4.83. The highest BCUT2D eigenvalue weighted by atomic mass is 32.2. The van der Waals surface area contributed by atoms with Crippen LogP contribution < -0.4 is 0 Å². The van der Waals surface area contributed by atoms with Crippen molar-refractivity contribution in [1.29, 1.82) is 0 Å². The maximum atomic E-state index is 5.33. The number of hydrogen-bond acceptors (Lipinski definition) is 5. The molecule has 8 aromatic carbocycles. The van der Waals surface area contributed by atoms with E-state index >= 15 is 0 Å². The Labute approximate surface area is 338 Å². The van der Waals surface area contributed by atoms with Gasteiger partial charge in [0.05, 0.1) is 5.41 Å². The summed E-state index contributed by atoms with van der Waals surface area (Å²) in [5.74, 6) is 1.96. The SMILES string of the molecule is c1ccc(-c2nc(-c3ccc(-c4cccc5c4sc4ccccc45)cc3)nc(-c3cccc4c3-c3ccccc3C43c4ccccc4Sc4ccccc43)n2)cc1. The molecule has 0 unspecified atom stereocenters. The lowest BCUT2D eigenvalue weighted by Gasteiger charge is -2.39. The van der Waals surface area contributed by atoms with E-state index in [1.54, 1.807) is 0 Å².